The quantitative estimate of drug-likeness (QED) is 0.344. The second-order valence-electron chi connectivity index (χ2n) is 2.93. The van der Waals surface area contributed by atoms with Crippen LogP contribution in [-0.2, 0) is 0 Å². The van der Waals surface area contributed by atoms with Gasteiger partial charge in [-0.15, -0.1) is 0 Å². The highest BCUT2D eigenvalue weighted by Gasteiger charge is 2.32. The molecule has 0 aromatic rings. The zero-order chi connectivity index (χ0) is 10.6. The Hall–Kier alpha value is -0.270. The van der Waals surface area contributed by atoms with Gasteiger partial charge < -0.3 is 25.5 Å². The molecular formula is C7H15FO5. The van der Waals surface area contributed by atoms with Crippen molar-refractivity contribution in [3.05, 3.63) is 0 Å². The van der Waals surface area contributed by atoms with Crippen molar-refractivity contribution in [3.8, 4) is 0 Å². The van der Waals surface area contributed by atoms with Gasteiger partial charge in [-0.2, -0.15) is 0 Å². The van der Waals surface area contributed by atoms with E-state index in [1.165, 1.54) is 6.92 Å². The van der Waals surface area contributed by atoms with Crippen LogP contribution in [0.1, 0.15) is 6.92 Å². The lowest BCUT2D eigenvalue weighted by Crippen LogP contribution is -2.48. The van der Waals surface area contributed by atoms with Gasteiger partial charge in [0, 0.05) is 0 Å². The standard InChI is InChI=1S/C7H15FO5/c1-3(9)5(11)7(13)6(12)4(10)2-8/h3-7,9-13H,2H2,1H3/t3-,4+,5+,6+,7+/m0/s1. The Morgan fingerprint density at radius 3 is 1.69 bits per heavy atom. The summed E-state index contributed by atoms with van der Waals surface area (Å²) in [5, 5.41) is 44.6. The van der Waals surface area contributed by atoms with Crippen LogP contribution in [0, 0.1) is 0 Å². The van der Waals surface area contributed by atoms with Crippen LogP contribution in [0.2, 0.25) is 0 Å². The molecule has 13 heavy (non-hydrogen) atoms. The van der Waals surface area contributed by atoms with Gasteiger partial charge in [-0.1, -0.05) is 0 Å². The average Bonchev–Trinajstić information content (AvgIpc) is 2.12. The topological polar surface area (TPSA) is 101 Å². The van der Waals surface area contributed by atoms with Gasteiger partial charge in [0.1, 0.15) is 31.1 Å². The molecule has 0 radical (unpaired) electrons. The molecule has 0 fully saturated rings. The predicted octanol–water partition coefficient (Wildman–Crippen LogP) is -2.22. The fourth-order valence-electron chi connectivity index (χ4n) is 0.806. The summed E-state index contributed by atoms with van der Waals surface area (Å²) in [6.07, 6.45) is -8.23. The van der Waals surface area contributed by atoms with E-state index in [2.05, 4.69) is 0 Å². The molecule has 0 aliphatic carbocycles. The lowest BCUT2D eigenvalue weighted by Gasteiger charge is -2.26. The molecule has 0 amide bonds. The third kappa shape index (κ3) is 3.53. The summed E-state index contributed by atoms with van der Waals surface area (Å²) in [6.45, 7) is -0.0345. The molecule has 5 atom stereocenters. The van der Waals surface area contributed by atoms with E-state index < -0.39 is 37.2 Å². The zero-order valence-corrected chi connectivity index (χ0v) is 7.21. The zero-order valence-electron chi connectivity index (χ0n) is 7.21. The molecule has 0 saturated carbocycles. The number of hydrogen-bond donors (Lipinski definition) is 5. The van der Waals surface area contributed by atoms with Crippen LogP contribution in [0.3, 0.4) is 0 Å². The first-order chi connectivity index (χ1) is 5.91. The molecule has 0 bridgehead atoms. The van der Waals surface area contributed by atoms with Gasteiger partial charge in [0.25, 0.3) is 0 Å². The Kier molecular flexibility index (Phi) is 5.34. The normalized spacial score (nSPS) is 23.3. The predicted molar refractivity (Wildman–Crippen MR) is 41.7 cm³/mol. The lowest BCUT2D eigenvalue weighted by atomic mass is 10.0. The SMILES string of the molecule is C[C@H](O)[C@@H](O)[C@@H](O)[C@H](O)[C@H](O)CF. The van der Waals surface area contributed by atoms with Crippen molar-refractivity contribution in [3.63, 3.8) is 0 Å². The first-order valence-corrected chi connectivity index (χ1v) is 3.88. The van der Waals surface area contributed by atoms with E-state index in [-0.39, 0.29) is 0 Å². The molecular weight excluding hydrogens is 183 g/mol. The summed E-state index contributed by atoms with van der Waals surface area (Å²) in [5.74, 6) is 0. The minimum atomic E-state index is -1.81. The number of aliphatic hydroxyl groups excluding tert-OH is 5. The number of aliphatic hydroxyl groups is 5. The summed E-state index contributed by atoms with van der Waals surface area (Å²) in [7, 11) is 0. The monoisotopic (exact) mass is 198 g/mol. The van der Waals surface area contributed by atoms with Crippen molar-refractivity contribution < 1.29 is 29.9 Å². The van der Waals surface area contributed by atoms with Crippen LogP contribution in [0.25, 0.3) is 0 Å². The third-order valence-electron chi connectivity index (χ3n) is 1.75. The number of alkyl halides is 1. The molecule has 0 heterocycles. The molecule has 0 rings (SSSR count). The highest BCUT2D eigenvalue weighted by Crippen LogP contribution is 2.08. The van der Waals surface area contributed by atoms with Crippen molar-refractivity contribution in [2.45, 2.75) is 37.4 Å². The molecule has 0 aliphatic rings. The van der Waals surface area contributed by atoms with E-state index in [0.29, 0.717) is 0 Å². The molecule has 0 spiro atoms. The summed E-state index contributed by atoms with van der Waals surface area (Å²) >= 11 is 0. The molecule has 5 nitrogen and oxygen atoms in total. The van der Waals surface area contributed by atoms with E-state index in [4.69, 9.17) is 25.5 Å². The van der Waals surface area contributed by atoms with Gasteiger partial charge in [-0.3, -0.25) is 0 Å². The largest absolute Gasteiger partial charge is 0.391 e. The Bertz CT molecular complexity index is 143. The van der Waals surface area contributed by atoms with E-state index in [1.807, 2.05) is 0 Å². The van der Waals surface area contributed by atoms with Crippen molar-refractivity contribution in [1.82, 2.24) is 0 Å². The van der Waals surface area contributed by atoms with Gasteiger partial charge in [-0.25, -0.2) is 4.39 Å². The molecule has 0 saturated heterocycles. The molecule has 0 unspecified atom stereocenters. The first-order valence-electron chi connectivity index (χ1n) is 3.88. The smallest absolute Gasteiger partial charge is 0.118 e. The Labute approximate surface area is 75.1 Å². The van der Waals surface area contributed by atoms with Gasteiger partial charge in [-0.05, 0) is 6.92 Å². The van der Waals surface area contributed by atoms with Crippen molar-refractivity contribution >= 4 is 0 Å². The second-order valence-corrected chi connectivity index (χ2v) is 2.93. The van der Waals surface area contributed by atoms with Gasteiger partial charge >= 0.3 is 0 Å². The first kappa shape index (κ1) is 12.7. The van der Waals surface area contributed by atoms with Crippen LogP contribution in [0.5, 0.6) is 0 Å². The van der Waals surface area contributed by atoms with Crippen molar-refractivity contribution in [2.75, 3.05) is 6.67 Å². The summed E-state index contributed by atoms with van der Waals surface area (Å²) in [4.78, 5) is 0. The number of hydrogen-bond acceptors (Lipinski definition) is 5. The summed E-state index contributed by atoms with van der Waals surface area (Å²) < 4.78 is 11.8. The highest BCUT2D eigenvalue weighted by molar-refractivity contribution is 4.82. The molecule has 0 aliphatic heterocycles. The Morgan fingerprint density at radius 2 is 1.38 bits per heavy atom. The molecule has 0 aromatic carbocycles. The number of rotatable bonds is 5. The van der Waals surface area contributed by atoms with E-state index in [1.54, 1.807) is 0 Å². The minimum Gasteiger partial charge on any atom is -0.391 e. The average molecular weight is 198 g/mol. The second kappa shape index (κ2) is 5.46. The maximum Gasteiger partial charge on any atom is 0.118 e. The fraction of sp³-hybridized carbons (Fsp3) is 1.00. The van der Waals surface area contributed by atoms with Crippen LogP contribution in [0.15, 0.2) is 0 Å². The van der Waals surface area contributed by atoms with E-state index in [9.17, 15) is 4.39 Å². The number of halogens is 1. The highest BCUT2D eigenvalue weighted by atomic mass is 19.1. The lowest BCUT2D eigenvalue weighted by molar-refractivity contribution is -0.133. The molecule has 80 valence electrons. The van der Waals surface area contributed by atoms with Crippen LogP contribution in [-0.4, -0.2) is 62.7 Å². The maximum atomic E-state index is 11.8. The molecule has 0 aromatic heterocycles. The molecule has 6 heteroatoms. The van der Waals surface area contributed by atoms with Gasteiger partial charge in [0.05, 0.1) is 6.10 Å². The summed E-state index contributed by atoms with van der Waals surface area (Å²) in [5.41, 5.74) is 0. The third-order valence-corrected chi connectivity index (χ3v) is 1.75. The minimum absolute atomic E-state index is 1.20. The van der Waals surface area contributed by atoms with Gasteiger partial charge in [0.15, 0.2) is 0 Å². The van der Waals surface area contributed by atoms with E-state index >= 15 is 0 Å². The van der Waals surface area contributed by atoms with Crippen LogP contribution >= 0.6 is 0 Å². The summed E-state index contributed by atoms with van der Waals surface area (Å²) in [6, 6.07) is 0. The van der Waals surface area contributed by atoms with E-state index in [0.717, 1.165) is 0 Å². The van der Waals surface area contributed by atoms with Crippen LogP contribution in [0.4, 0.5) is 4.39 Å². The van der Waals surface area contributed by atoms with Crippen LogP contribution < -0.4 is 0 Å². The molecule has 5 N–H and O–H groups in total. The Morgan fingerprint density at radius 1 is 0.923 bits per heavy atom. The van der Waals surface area contributed by atoms with Crippen molar-refractivity contribution in [2.24, 2.45) is 0 Å². The van der Waals surface area contributed by atoms with Gasteiger partial charge in [0.2, 0.25) is 0 Å². The maximum absolute atomic E-state index is 11.8. The van der Waals surface area contributed by atoms with Crippen molar-refractivity contribution in [1.29, 1.82) is 0 Å². The Balaban J connectivity index is 4.15. The fourth-order valence-corrected chi connectivity index (χ4v) is 0.806.